The number of benzene rings is 3. The smallest absolute Gasteiger partial charge is 0.310 e. The molecule has 2 aliphatic carbocycles. The number of unbranched alkanes of at least 4 members (excludes halogenated alkanes) is 9. The highest BCUT2D eigenvalue weighted by Gasteiger charge is 2.64. The van der Waals surface area contributed by atoms with Crippen molar-refractivity contribution in [2.75, 3.05) is 18.9 Å². The van der Waals surface area contributed by atoms with E-state index < -0.39 is 29.0 Å². The Hall–Kier alpha value is -5.56. The molecule has 1 saturated heterocycles. The molecular weight excluding hydrogens is 825 g/mol. The second kappa shape index (κ2) is 21.9. The molecule has 3 aromatic carbocycles. The molecule has 1 unspecified atom stereocenters. The molecule has 2 bridgehead atoms. The third kappa shape index (κ3) is 10.5. The fourth-order valence-corrected chi connectivity index (χ4v) is 11.3. The maximum Gasteiger partial charge on any atom is 0.310 e. The van der Waals surface area contributed by atoms with E-state index in [1.54, 1.807) is 22.6 Å². The average molecular weight is 885 g/mol. The minimum atomic E-state index is -0.849. The summed E-state index contributed by atoms with van der Waals surface area (Å²) in [6, 6.07) is 29.7. The van der Waals surface area contributed by atoms with Crippen LogP contribution in [-0.2, 0) is 41.8 Å². The lowest BCUT2D eigenvalue weighted by Gasteiger charge is -2.39. The number of amides is 2. The number of nitrogens with one attached hydrogen (secondary N) is 1. The summed E-state index contributed by atoms with van der Waals surface area (Å²) in [5.74, 6) is -3.31. The molecule has 2 aliphatic heterocycles. The summed E-state index contributed by atoms with van der Waals surface area (Å²) < 4.78 is 13.7. The van der Waals surface area contributed by atoms with Crippen LogP contribution in [0.15, 0.2) is 108 Å². The van der Waals surface area contributed by atoms with Gasteiger partial charge in [0, 0.05) is 12.3 Å². The van der Waals surface area contributed by atoms with Crippen molar-refractivity contribution < 1.29 is 28.7 Å². The zero-order valence-corrected chi connectivity index (χ0v) is 37.6. The number of carbonyl (C=O) groups is 4. The monoisotopic (exact) mass is 884 g/mol. The summed E-state index contributed by atoms with van der Waals surface area (Å²) in [6.45, 7) is 2.47. The summed E-state index contributed by atoms with van der Waals surface area (Å²) in [5, 5.41) is 13.0. The van der Waals surface area contributed by atoms with Crippen molar-refractivity contribution in [2.24, 2.45) is 34.7 Å². The molecule has 3 fully saturated rings. The molecule has 3 heterocycles. The number of thioether (sulfide) groups is 1. The van der Waals surface area contributed by atoms with Crippen LogP contribution >= 0.6 is 11.8 Å². The van der Waals surface area contributed by atoms with E-state index in [4.69, 9.17) is 14.6 Å². The van der Waals surface area contributed by atoms with Crippen molar-refractivity contribution in [3.05, 3.63) is 125 Å². The number of esters is 2. The third-order valence-corrected chi connectivity index (χ3v) is 14.5. The highest BCUT2D eigenvalue weighted by atomic mass is 32.2. The van der Waals surface area contributed by atoms with E-state index in [-0.39, 0.29) is 55.7 Å². The molecule has 8 rings (SSSR count). The van der Waals surface area contributed by atoms with Crippen molar-refractivity contribution >= 4 is 46.9 Å². The highest BCUT2D eigenvalue weighted by Crippen LogP contribution is 2.61. The van der Waals surface area contributed by atoms with E-state index >= 15 is 0 Å². The van der Waals surface area contributed by atoms with Crippen LogP contribution in [0.1, 0.15) is 106 Å². The van der Waals surface area contributed by atoms with Gasteiger partial charge in [0.2, 0.25) is 11.8 Å². The van der Waals surface area contributed by atoms with Gasteiger partial charge in [-0.15, -0.1) is 16.9 Å². The van der Waals surface area contributed by atoms with Gasteiger partial charge < -0.3 is 9.47 Å². The number of fused-ring (bicyclic) bond motifs is 5. The molecule has 4 aliphatic rings. The lowest BCUT2D eigenvalue weighted by Crippen LogP contribution is -2.45. The van der Waals surface area contributed by atoms with Gasteiger partial charge in [0.1, 0.15) is 18.9 Å². The van der Waals surface area contributed by atoms with Crippen molar-refractivity contribution in [1.82, 2.24) is 25.3 Å². The first kappa shape index (κ1) is 45.0. The minimum absolute atomic E-state index is 0.0271. The molecule has 1 aromatic heterocycles. The van der Waals surface area contributed by atoms with Crippen molar-refractivity contribution in [2.45, 2.75) is 102 Å². The van der Waals surface area contributed by atoms with Crippen LogP contribution in [0.3, 0.4) is 0 Å². The zero-order chi connectivity index (χ0) is 44.3. The normalized spacial score (nSPS) is 22.4. The fourth-order valence-electron chi connectivity index (χ4n) is 10.2. The number of hydrogen-bond acceptors (Lipinski definition) is 11. The maximum absolute atomic E-state index is 14.5. The van der Waals surface area contributed by atoms with Gasteiger partial charge in [0.15, 0.2) is 0 Å². The SMILES string of the molecule is CCCCCCCCCCCCSC1CC(=O)N(CCOC(=O)[C@@H]2[C@H]3C[C@H](C4=C(c5ccccc5)NN=C(c5ccccc5)[C@H]43)[C@@H]2C(=O)OCc2cn(Cc3ccccc3)nn2)C1=O. The Kier molecular flexibility index (Phi) is 15.4. The van der Waals surface area contributed by atoms with Crippen LogP contribution in [-0.4, -0.2) is 73.5 Å². The van der Waals surface area contributed by atoms with Crippen molar-refractivity contribution in [3.8, 4) is 0 Å². The first-order chi connectivity index (χ1) is 31.4. The number of ether oxygens (including phenoxy) is 2. The van der Waals surface area contributed by atoms with Crippen LogP contribution in [0.2, 0.25) is 0 Å². The molecule has 6 atom stereocenters. The molecule has 12 nitrogen and oxygen atoms in total. The molecular formula is C51H60N6O6S. The van der Waals surface area contributed by atoms with Gasteiger partial charge in [-0.25, -0.2) is 4.68 Å². The standard InChI is InChI=1S/C51H60N6O6S/c1-2-3-4-5-6-7-8-9-10-20-29-64-41-31-42(58)57(49(41)59)27-28-62-50(60)45-39-30-40(46(45)51(61)63-34-38-33-56(55-52-38)32-35-21-14-11-15-22-35)44-43(39)47(36-23-16-12-17-24-36)53-54-48(44)37-25-18-13-19-26-37/h11-19,21-26,33,39-41,43,45-46,54H,2-10,20,27-32,34H2,1H3/t39-,40+,41?,43-,45+,46-/m0/s1. The summed E-state index contributed by atoms with van der Waals surface area (Å²) in [5.41, 5.74) is 9.42. The number of carbonyl (C=O) groups excluding carboxylic acids is 4. The summed E-state index contributed by atoms with van der Waals surface area (Å²) in [4.78, 5) is 56.7. The Morgan fingerprint density at radius 3 is 2.12 bits per heavy atom. The lowest BCUT2D eigenvalue weighted by molar-refractivity contribution is -0.164. The second-order valence-corrected chi connectivity index (χ2v) is 18.8. The van der Waals surface area contributed by atoms with Crippen molar-refractivity contribution in [1.29, 1.82) is 0 Å². The number of likely N-dealkylation sites (tertiary alicyclic amines) is 1. The molecule has 13 heteroatoms. The predicted molar refractivity (Wildman–Crippen MR) is 247 cm³/mol. The van der Waals surface area contributed by atoms with Gasteiger partial charge >= 0.3 is 11.9 Å². The molecule has 4 aromatic rings. The lowest BCUT2D eigenvalue weighted by atomic mass is 9.67. The van der Waals surface area contributed by atoms with Gasteiger partial charge in [-0.1, -0.05) is 161 Å². The Labute approximate surface area is 380 Å². The van der Waals surface area contributed by atoms with E-state index in [2.05, 4.69) is 22.7 Å². The number of aromatic nitrogens is 3. The quantitative estimate of drug-likeness (QED) is 0.0437. The Morgan fingerprint density at radius 2 is 1.42 bits per heavy atom. The third-order valence-electron chi connectivity index (χ3n) is 13.2. The molecule has 336 valence electrons. The van der Waals surface area contributed by atoms with E-state index in [0.717, 1.165) is 52.3 Å². The number of hydrogen-bond donors (Lipinski definition) is 1. The van der Waals surface area contributed by atoms with E-state index in [9.17, 15) is 19.2 Å². The fraction of sp³-hybridized carbons (Fsp3) is 0.471. The topological polar surface area (TPSA) is 145 Å². The van der Waals surface area contributed by atoms with Gasteiger partial charge in [-0.2, -0.15) is 5.10 Å². The molecule has 2 saturated carbocycles. The molecule has 0 spiro atoms. The number of imide groups is 1. The Balaban J connectivity index is 0.934. The second-order valence-electron chi connectivity index (χ2n) is 17.5. The largest absolute Gasteiger partial charge is 0.464 e. The van der Waals surface area contributed by atoms with Gasteiger partial charge in [0.05, 0.1) is 47.8 Å². The van der Waals surface area contributed by atoms with Gasteiger partial charge in [-0.3, -0.25) is 29.5 Å². The average Bonchev–Trinajstić information content (AvgIpc) is 4.11. The van der Waals surface area contributed by atoms with E-state index in [1.165, 1.54) is 56.3 Å². The molecule has 64 heavy (non-hydrogen) atoms. The number of nitrogens with zero attached hydrogens (tertiary/aromatic N) is 5. The van der Waals surface area contributed by atoms with Crippen LogP contribution in [0.4, 0.5) is 0 Å². The van der Waals surface area contributed by atoms with Crippen LogP contribution in [0.25, 0.3) is 5.70 Å². The van der Waals surface area contributed by atoms with Gasteiger partial charge in [0.25, 0.3) is 0 Å². The number of allylic oxidation sites excluding steroid dienone is 1. The molecule has 1 N–H and O–H groups in total. The van der Waals surface area contributed by atoms with Gasteiger partial charge in [-0.05, 0) is 52.7 Å². The van der Waals surface area contributed by atoms with Crippen molar-refractivity contribution in [3.63, 3.8) is 0 Å². The van der Waals surface area contributed by atoms with E-state index in [0.29, 0.717) is 18.7 Å². The zero-order valence-electron chi connectivity index (χ0n) is 36.8. The first-order valence-electron chi connectivity index (χ1n) is 23.3. The summed E-state index contributed by atoms with van der Waals surface area (Å²) in [6.07, 6.45) is 14.9. The van der Waals surface area contributed by atoms with Crippen LogP contribution in [0, 0.1) is 29.6 Å². The number of hydrazone groups is 1. The van der Waals surface area contributed by atoms with E-state index in [1.807, 2.05) is 91.0 Å². The highest BCUT2D eigenvalue weighted by molar-refractivity contribution is 8.00. The van der Waals surface area contributed by atoms with Crippen LogP contribution in [0.5, 0.6) is 0 Å². The predicted octanol–water partition coefficient (Wildman–Crippen LogP) is 8.61. The summed E-state index contributed by atoms with van der Waals surface area (Å²) in [7, 11) is 0. The maximum atomic E-state index is 14.5. The summed E-state index contributed by atoms with van der Waals surface area (Å²) >= 11 is 1.56. The Bertz CT molecular complexity index is 2280. The minimum Gasteiger partial charge on any atom is -0.464 e. The first-order valence-corrected chi connectivity index (χ1v) is 24.4. The number of rotatable bonds is 23. The Morgan fingerprint density at radius 1 is 0.781 bits per heavy atom. The molecule has 2 amide bonds. The van der Waals surface area contributed by atoms with Crippen LogP contribution < -0.4 is 5.43 Å². The molecule has 0 radical (unpaired) electrons.